The molecule has 1 aromatic carbocycles. The van der Waals surface area contributed by atoms with E-state index in [0.29, 0.717) is 11.6 Å². The summed E-state index contributed by atoms with van der Waals surface area (Å²) in [6.07, 6.45) is 0. The molecule has 8 heteroatoms. The van der Waals surface area contributed by atoms with Gasteiger partial charge in [0.2, 0.25) is 5.82 Å². The molecule has 3 N–H and O–H groups in total. The number of hydrogen-bond donors (Lipinski definition) is 2. The standard InChI is InChI=1S/C10H8F2N4O2/c1-4-9(14-15-10(4)13)6-2-5(11)3-7(8(6)12)16(17)18/h2-3H,1H3,(H3,13,14,15). The fraction of sp³-hybridized carbons (Fsp3) is 0.100. The lowest BCUT2D eigenvalue weighted by Gasteiger charge is -2.03. The molecule has 0 aliphatic heterocycles. The molecule has 6 nitrogen and oxygen atoms in total. The molecule has 0 aliphatic carbocycles. The van der Waals surface area contributed by atoms with Crippen molar-refractivity contribution in [2.75, 3.05) is 5.73 Å². The number of nitrogen functional groups attached to an aromatic ring is 1. The lowest BCUT2D eigenvalue weighted by atomic mass is 10.1. The summed E-state index contributed by atoms with van der Waals surface area (Å²) in [6, 6.07) is 1.37. The highest BCUT2D eigenvalue weighted by atomic mass is 19.1. The normalized spacial score (nSPS) is 10.6. The molecule has 2 aromatic rings. The molecular weight excluding hydrogens is 246 g/mol. The first-order valence-corrected chi connectivity index (χ1v) is 4.86. The third-order valence-electron chi connectivity index (χ3n) is 2.53. The summed E-state index contributed by atoms with van der Waals surface area (Å²) in [6.45, 7) is 1.55. The lowest BCUT2D eigenvalue weighted by molar-refractivity contribution is -0.387. The molecule has 0 bridgehead atoms. The Labute approximate surface area is 99.6 Å². The number of rotatable bonds is 2. The molecule has 0 saturated carbocycles. The van der Waals surface area contributed by atoms with Crippen molar-refractivity contribution < 1.29 is 13.7 Å². The minimum atomic E-state index is -1.13. The van der Waals surface area contributed by atoms with E-state index in [1.165, 1.54) is 0 Å². The van der Waals surface area contributed by atoms with Crippen molar-refractivity contribution in [3.63, 3.8) is 0 Å². The average Bonchev–Trinajstić information content (AvgIpc) is 2.62. The van der Waals surface area contributed by atoms with Gasteiger partial charge in [0.25, 0.3) is 0 Å². The number of anilines is 1. The summed E-state index contributed by atoms with van der Waals surface area (Å²) >= 11 is 0. The molecule has 94 valence electrons. The Balaban J connectivity index is 2.72. The Morgan fingerprint density at radius 1 is 1.44 bits per heavy atom. The summed E-state index contributed by atoms with van der Waals surface area (Å²) < 4.78 is 27.1. The van der Waals surface area contributed by atoms with E-state index in [1.807, 2.05) is 0 Å². The van der Waals surface area contributed by atoms with Gasteiger partial charge >= 0.3 is 5.69 Å². The Morgan fingerprint density at radius 3 is 2.61 bits per heavy atom. The number of nitrogens with zero attached hydrogens (tertiary/aromatic N) is 2. The molecule has 0 atom stereocenters. The maximum atomic E-state index is 13.9. The number of nitrogens with two attached hydrogens (primary N) is 1. The van der Waals surface area contributed by atoms with Gasteiger partial charge in [0.15, 0.2) is 0 Å². The first-order valence-electron chi connectivity index (χ1n) is 4.86. The summed E-state index contributed by atoms with van der Waals surface area (Å²) in [4.78, 5) is 9.61. The maximum Gasteiger partial charge on any atom is 0.308 e. The van der Waals surface area contributed by atoms with Crippen molar-refractivity contribution in [3.05, 3.63) is 39.4 Å². The third-order valence-corrected chi connectivity index (χ3v) is 2.53. The number of aromatic amines is 1. The molecule has 0 unspecified atom stereocenters. The Bertz CT molecular complexity index is 639. The molecular formula is C10H8F2N4O2. The monoisotopic (exact) mass is 254 g/mol. The van der Waals surface area contributed by atoms with Gasteiger partial charge in [0.05, 0.1) is 16.7 Å². The van der Waals surface area contributed by atoms with Crippen molar-refractivity contribution >= 4 is 11.5 Å². The summed E-state index contributed by atoms with van der Waals surface area (Å²) in [7, 11) is 0. The van der Waals surface area contributed by atoms with Crippen LogP contribution in [0.5, 0.6) is 0 Å². The number of nitrogens with one attached hydrogen (secondary N) is 1. The number of nitro benzene ring substituents is 1. The van der Waals surface area contributed by atoms with E-state index in [1.54, 1.807) is 6.92 Å². The Kier molecular flexibility index (Phi) is 2.70. The Morgan fingerprint density at radius 2 is 2.11 bits per heavy atom. The van der Waals surface area contributed by atoms with Crippen molar-refractivity contribution in [1.29, 1.82) is 0 Å². The predicted molar refractivity (Wildman–Crippen MR) is 59.7 cm³/mol. The minimum absolute atomic E-state index is 0.118. The smallest absolute Gasteiger partial charge is 0.308 e. The second kappa shape index (κ2) is 4.06. The Hall–Kier alpha value is -2.51. The number of aromatic nitrogens is 2. The van der Waals surface area contributed by atoms with Crippen LogP contribution < -0.4 is 5.73 Å². The van der Waals surface area contributed by atoms with Gasteiger partial charge in [-0.25, -0.2) is 4.39 Å². The third kappa shape index (κ3) is 1.77. The van der Waals surface area contributed by atoms with Gasteiger partial charge in [-0.2, -0.15) is 9.49 Å². The van der Waals surface area contributed by atoms with Crippen molar-refractivity contribution in [1.82, 2.24) is 10.2 Å². The van der Waals surface area contributed by atoms with E-state index in [0.717, 1.165) is 6.07 Å². The maximum absolute atomic E-state index is 13.9. The van der Waals surface area contributed by atoms with Crippen LogP contribution in [0.15, 0.2) is 12.1 Å². The molecule has 1 aromatic heterocycles. The van der Waals surface area contributed by atoms with Crippen LogP contribution in [0.1, 0.15) is 5.56 Å². The molecule has 1 heterocycles. The molecule has 0 radical (unpaired) electrons. The van der Waals surface area contributed by atoms with Crippen LogP contribution in [0.3, 0.4) is 0 Å². The zero-order chi connectivity index (χ0) is 13.4. The van der Waals surface area contributed by atoms with E-state index >= 15 is 0 Å². The van der Waals surface area contributed by atoms with E-state index in [4.69, 9.17) is 5.73 Å². The number of H-pyrrole nitrogens is 1. The predicted octanol–water partition coefficient (Wildman–Crippen LogP) is 2.15. The number of nitro groups is 1. The van der Waals surface area contributed by atoms with Gasteiger partial charge in [-0.05, 0) is 13.0 Å². The van der Waals surface area contributed by atoms with Crippen LogP contribution in [0, 0.1) is 28.7 Å². The zero-order valence-electron chi connectivity index (χ0n) is 9.20. The molecule has 0 saturated heterocycles. The van der Waals surface area contributed by atoms with Crippen LogP contribution in [0.25, 0.3) is 11.3 Å². The first-order chi connectivity index (χ1) is 8.41. The van der Waals surface area contributed by atoms with Crippen molar-refractivity contribution in [3.8, 4) is 11.3 Å². The largest absolute Gasteiger partial charge is 0.382 e. The van der Waals surface area contributed by atoms with Gasteiger partial charge in [0, 0.05) is 11.1 Å². The molecule has 2 rings (SSSR count). The quantitative estimate of drug-likeness (QED) is 0.633. The molecule has 0 aliphatic rings. The van der Waals surface area contributed by atoms with E-state index in [2.05, 4.69) is 10.2 Å². The highest BCUT2D eigenvalue weighted by molar-refractivity contribution is 5.70. The van der Waals surface area contributed by atoms with Crippen molar-refractivity contribution in [2.45, 2.75) is 6.92 Å². The summed E-state index contributed by atoms with van der Waals surface area (Å²) in [5.74, 6) is -1.92. The number of halogens is 2. The van der Waals surface area contributed by atoms with Gasteiger partial charge in [-0.15, -0.1) is 0 Å². The fourth-order valence-corrected chi connectivity index (χ4v) is 1.56. The minimum Gasteiger partial charge on any atom is -0.382 e. The van der Waals surface area contributed by atoms with Gasteiger partial charge in [-0.1, -0.05) is 0 Å². The summed E-state index contributed by atoms with van der Waals surface area (Å²) in [5, 5.41) is 16.6. The second-order valence-electron chi connectivity index (χ2n) is 3.65. The SMILES string of the molecule is Cc1c(N)n[nH]c1-c1cc(F)cc([N+](=O)[O-])c1F. The molecule has 0 fully saturated rings. The summed E-state index contributed by atoms with van der Waals surface area (Å²) in [5.41, 5.74) is 4.78. The highest BCUT2D eigenvalue weighted by Crippen LogP contribution is 2.32. The van der Waals surface area contributed by atoms with Crippen LogP contribution in [-0.2, 0) is 0 Å². The number of benzene rings is 1. The zero-order valence-corrected chi connectivity index (χ0v) is 9.20. The van der Waals surface area contributed by atoms with Crippen LogP contribution >= 0.6 is 0 Å². The lowest BCUT2D eigenvalue weighted by Crippen LogP contribution is -1.97. The van der Waals surface area contributed by atoms with Gasteiger partial charge in [0.1, 0.15) is 11.6 Å². The second-order valence-corrected chi connectivity index (χ2v) is 3.65. The topological polar surface area (TPSA) is 97.8 Å². The van der Waals surface area contributed by atoms with Crippen LogP contribution in [0.2, 0.25) is 0 Å². The number of hydrogen-bond acceptors (Lipinski definition) is 4. The molecule has 0 spiro atoms. The van der Waals surface area contributed by atoms with E-state index < -0.39 is 22.2 Å². The first kappa shape index (κ1) is 12.0. The van der Waals surface area contributed by atoms with Crippen LogP contribution in [0.4, 0.5) is 20.3 Å². The molecule has 18 heavy (non-hydrogen) atoms. The van der Waals surface area contributed by atoms with E-state index in [-0.39, 0.29) is 17.1 Å². The van der Waals surface area contributed by atoms with Crippen LogP contribution in [-0.4, -0.2) is 15.1 Å². The van der Waals surface area contributed by atoms with Gasteiger partial charge < -0.3 is 5.73 Å². The van der Waals surface area contributed by atoms with E-state index in [9.17, 15) is 18.9 Å². The van der Waals surface area contributed by atoms with Gasteiger partial charge in [-0.3, -0.25) is 15.2 Å². The average molecular weight is 254 g/mol. The molecule has 0 amide bonds. The highest BCUT2D eigenvalue weighted by Gasteiger charge is 2.23. The van der Waals surface area contributed by atoms with Crippen molar-refractivity contribution in [2.24, 2.45) is 0 Å². The fourth-order valence-electron chi connectivity index (χ4n) is 1.56.